The van der Waals surface area contributed by atoms with E-state index in [0.29, 0.717) is 0 Å². The second-order valence-corrected chi connectivity index (χ2v) is 4.56. The number of imidazole rings is 1. The minimum atomic E-state index is -0.902. The molecule has 21 heavy (non-hydrogen) atoms. The third-order valence-corrected chi connectivity index (χ3v) is 3.27. The van der Waals surface area contributed by atoms with Crippen LogP contribution in [0.15, 0.2) is 9.59 Å². The van der Waals surface area contributed by atoms with Crippen molar-refractivity contribution in [3.63, 3.8) is 0 Å². The zero-order valence-corrected chi connectivity index (χ0v) is 10.7. The Morgan fingerprint density at radius 3 is 2.76 bits per heavy atom. The predicted octanol–water partition coefficient (Wildman–Crippen LogP) is -3.19. The standard InChI is InChI=1S/C10H13N5O5.H2O/c11-9-13-7-6(8(18)14-9)12-10(19)15(7)5-1-3(17)4(2-16)20-5;/h3-5,16-17H,1-2H2,(H,12,19)(H3,11,13,14,18);1H2/t3-,4+,5+;/m0./s1. The number of hydrogen-bond donors (Lipinski definition) is 5. The van der Waals surface area contributed by atoms with E-state index >= 15 is 0 Å². The first-order valence-corrected chi connectivity index (χ1v) is 5.95. The third-order valence-electron chi connectivity index (χ3n) is 3.27. The van der Waals surface area contributed by atoms with Crippen LogP contribution in [0.5, 0.6) is 0 Å². The van der Waals surface area contributed by atoms with Crippen molar-refractivity contribution < 1.29 is 20.4 Å². The molecule has 1 saturated heterocycles. The number of nitrogens with zero attached hydrogens (tertiary/aromatic N) is 2. The highest BCUT2D eigenvalue weighted by molar-refractivity contribution is 5.70. The van der Waals surface area contributed by atoms with E-state index in [1.165, 1.54) is 0 Å². The van der Waals surface area contributed by atoms with E-state index in [-0.39, 0.29) is 35.6 Å². The molecule has 8 N–H and O–H groups in total. The summed E-state index contributed by atoms with van der Waals surface area (Å²) in [4.78, 5) is 32.2. The molecule has 2 aromatic rings. The van der Waals surface area contributed by atoms with Gasteiger partial charge in [0.05, 0.1) is 12.7 Å². The lowest BCUT2D eigenvalue weighted by Crippen LogP contribution is -2.25. The van der Waals surface area contributed by atoms with Gasteiger partial charge in [-0.25, -0.2) is 9.36 Å². The van der Waals surface area contributed by atoms with E-state index < -0.39 is 29.7 Å². The topological polar surface area (TPSA) is 191 Å². The first-order valence-electron chi connectivity index (χ1n) is 5.95. The molecule has 2 aromatic heterocycles. The van der Waals surface area contributed by atoms with Crippen LogP contribution in [-0.4, -0.2) is 54.0 Å². The zero-order valence-electron chi connectivity index (χ0n) is 10.7. The van der Waals surface area contributed by atoms with Crippen LogP contribution in [0.2, 0.25) is 0 Å². The molecule has 11 heteroatoms. The van der Waals surface area contributed by atoms with Crippen molar-refractivity contribution in [3.8, 4) is 0 Å². The molecule has 116 valence electrons. The molecule has 1 aliphatic rings. The largest absolute Gasteiger partial charge is 0.412 e. The minimum absolute atomic E-state index is 0. The SMILES string of the molecule is Nc1nc2c([nH]c(=O)n2[C@H]2C[C@H](O)[C@@H](CO)O2)c(=O)[nH]1.O. The summed E-state index contributed by atoms with van der Waals surface area (Å²) in [5.74, 6) is -0.132. The number of aliphatic hydroxyl groups is 2. The van der Waals surface area contributed by atoms with E-state index in [4.69, 9.17) is 15.6 Å². The average molecular weight is 301 g/mol. The van der Waals surface area contributed by atoms with Gasteiger partial charge in [0.1, 0.15) is 12.3 Å². The molecule has 1 fully saturated rings. The Morgan fingerprint density at radius 1 is 1.43 bits per heavy atom. The van der Waals surface area contributed by atoms with E-state index in [1.54, 1.807) is 0 Å². The Morgan fingerprint density at radius 2 is 2.14 bits per heavy atom. The average Bonchev–Trinajstić information content (AvgIpc) is 2.89. The Balaban J connectivity index is 0.00000161. The summed E-state index contributed by atoms with van der Waals surface area (Å²) >= 11 is 0. The first kappa shape index (κ1) is 15.2. The highest BCUT2D eigenvalue weighted by Crippen LogP contribution is 2.28. The maximum absolute atomic E-state index is 11.9. The van der Waals surface area contributed by atoms with Crippen LogP contribution in [0.1, 0.15) is 12.6 Å². The minimum Gasteiger partial charge on any atom is -0.412 e. The number of aromatic amines is 2. The molecule has 0 aliphatic carbocycles. The van der Waals surface area contributed by atoms with Crippen molar-refractivity contribution in [1.82, 2.24) is 19.5 Å². The smallest absolute Gasteiger partial charge is 0.329 e. The van der Waals surface area contributed by atoms with Crippen molar-refractivity contribution in [2.75, 3.05) is 12.3 Å². The van der Waals surface area contributed by atoms with Gasteiger partial charge in [0.2, 0.25) is 5.95 Å². The van der Waals surface area contributed by atoms with Gasteiger partial charge in [-0.15, -0.1) is 0 Å². The van der Waals surface area contributed by atoms with Gasteiger partial charge in [0.15, 0.2) is 11.2 Å². The molecule has 3 heterocycles. The van der Waals surface area contributed by atoms with Crippen LogP contribution < -0.4 is 17.0 Å². The fourth-order valence-electron chi connectivity index (χ4n) is 2.33. The number of aliphatic hydroxyl groups excluding tert-OH is 2. The summed E-state index contributed by atoms with van der Waals surface area (Å²) in [6, 6.07) is 0. The molecule has 1 aliphatic heterocycles. The zero-order chi connectivity index (χ0) is 14.4. The molecular weight excluding hydrogens is 286 g/mol. The van der Waals surface area contributed by atoms with Gasteiger partial charge in [-0.2, -0.15) is 4.98 Å². The normalized spacial score (nSPS) is 25.1. The van der Waals surface area contributed by atoms with Crippen molar-refractivity contribution >= 4 is 17.1 Å². The van der Waals surface area contributed by atoms with Crippen LogP contribution in [0, 0.1) is 0 Å². The summed E-state index contributed by atoms with van der Waals surface area (Å²) in [7, 11) is 0. The molecular formula is C10H15N5O6. The Bertz CT molecular complexity index is 763. The van der Waals surface area contributed by atoms with E-state index in [9.17, 15) is 14.7 Å². The third kappa shape index (κ3) is 2.31. The second-order valence-electron chi connectivity index (χ2n) is 4.56. The van der Waals surface area contributed by atoms with Gasteiger partial charge in [-0.3, -0.25) is 14.8 Å². The number of nitrogens with one attached hydrogen (secondary N) is 2. The lowest BCUT2D eigenvalue weighted by Gasteiger charge is -2.12. The summed E-state index contributed by atoms with van der Waals surface area (Å²) in [5.41, 5.74) is 4.32. The van der Waals surface area contributed by atoms with Crippen LogP contribution in [0.25, 0.3) is 11.2 Å². The van der Waals surface area contributed by atoms with Crippen LogP contribution in [-0.2, 0) is 4.74 Å². The molecule has 0 bridgehead atoms. The second kappa shape index (κ2) is 5.29. The van der Waals surface area contributed by atoms with Crippen molar-refractivity contribution in [2.45, 2.75) is 24.9 Å². The number of hydrogen-bond acceptors (Lipinski definition) is 7. The quantitative estimate of drug-likeness (QED) is 0.385. The predicted molar refractivity (Wildman–Crippen MR) is 70.6 cm³/mol. The highest BCUT2D eigenvalue weighted by atomic mass is 16.5. The van der Waals surface area contributed by atoms with Gasteiger partial charge in [0, 0.05) is 6.42 Å². The number of anilines is 1. The first-order chi connectivity index (χ1) is 9.51. The molecule has 0 saturated carbocycles. The van der Waals surface area contributed by atoms with Crippen molar-refractivity contribution in [3.05, 3.63) is 20.8 Å². The highest BCUT2D eigenvalue weighted by Gasteiger charge is 2.36. The number of nitrogen functional groups attached to an aromatic ring is 1. The molecule has 3 atom stereocenters. The maximum atomic E-state index is 11.9. The summed E-state index contributed by atoms with van der Waals surface area (Å²) in [6.45, 7) is -0.370. The number of aromatic nitrogens is 4. The number of fused-ring (bicyclic) bond motifs is 1. The van der Waals surface area contributed by atoms with Gasteiger partial charge < -0.3 is 26.2 Å². The molecule has 0 radical (unpaired) electrons. The van der Waals surface area contributed by atoms with E-state index in [0.717, 1.165) is 4.57 Å². The van der Waals surface area contributed by atoms with Gasteiger partial charge in [0.25, 0.3) is 5.56 Å². The molecule has 11 nitrogen and oxygen atoms in total. The Kier molecular flexibility index (Phi) is 3.82. The maximum Gasteiger partial charge on any atom is 0.329 e. The summed E-state index contributed by atoms with van der Waals surface area (Å²) in [6.07, 6.45) is -2.40. The van der Waals surface area contributed by atoms with Crippen molar-refractivity contribution in [2.24, 2.45) is 0 Å². The molecule has 0 aromatic carbocycles. The monoisotopic (exact) mass is 301 g/mol. The summed E-state index contributed by atoms with van der Waals surface area (Å²) in [5, 5.41) is 18.8. The molecule has 0 spiro atoms. The van der Waals surface area contributed by atoms with E-state index in [2.05, 4.69) is 15.0 Å². The van der Waals surface area contributed by atoms with Crippen molar-refractivity contribution in [1.29, 1.82) is 0 Å². The molecule has 0 amide bonds. The van der Waals surface area contributed by atoms with Crippen LogP contribution in [0.4, 0.5) is 5.95 Å². The fourth-order valence-corrected chi connectivity index (χ4v) is 2.33. The van der Waals surface area contributed by atoms with Crippen LogP contribution in [0.3, 0.4) is 0 Å². The number of H-pyrrole nitrogens is 2. The lowest BCUT2D eigenvalue weighted by atomic mass is 10.2. The van der Waals surface area contributed by atoms with Gasteiger partial charge >= 0.3 is 5.69 Å². The lowest BCUT2D eigenvalue weighted by molar-refractivity contribution is -0.0441. The van der Waals surface area contributed by atoms with Gasteiger partial charge in [-0.05, 0) is 0 Å². The summed E-state index contributed by atoms with van der Waals surface area (Å²) < 4.78 is 6.50. The molecule has 3 rings (SSSR count). The number of ether oxygens (including phenoxy) is 1. The Hall–Kier alpha value is -2.21. The fraction of sp³-hybridized carbons (Fsp3) is 0.500. The Labute approximate surface area is 116 Å². The molecule has 0 unspecified atom stereocenters. The number of rotatable bonds is 2. The number of nitrogens with two attached hydrogens (primary N) is 1. The van der Waals surface area contributed by atoms with Gasteiger partial charge in [-0.1, -0.05) is 0 Å². The van der Waals surface area contributed by atoms with E-state index in [1.807, 2.05) is 0 Å². The van der Waals surface area contributed by atoms with Crippen LogP contribution >= 0.6 is 0 Å².